The minimum absolute atomic E-state index is 0.0885. The van der Waals surface area contributed by atoms with E-state index in [4.69, 9.17) is 19.4 Å². The molecule has 1 aromatic heterocycles. The third-order valence-corrected chi connectivity index (χ3v) is 10.4. The molecular formula is C17H27N5O4Si. The zero-order valence-corrected chi connectivity index (χ0v) is 17.7. The molecule has 3 heterocycles. The van der Waals surface area contributed by atoms with E-state index in [-0.39, 0.29) is 41.3 Å². The normalized spacial score (nSPS) is 26.9. The van der Waals surface area contributed by atoms with E-state index in [9.17, 15) is 4.79 Å². The first kappa shape index (κ1) is 19.9. The van der Waals surface area contributed by atoms with Gasteiger partial charge in [-0.1, -0.05) is 25.9 Å². The molecule has 1 saturated heterocycles. The fraction of sp³-hybridized carbons (Fsp3) is 0.765. The molecular weight excluding hydrogens is 366 g/mol. The molecule has 0 saturated carbocycles. The fourth-order valence-electron chi connectivity index (χ4n) is 3.12. The molecule has 0 N–H and O–H groups in total. The van der Waals surface area contributed by atoms with Crippen molar-refractivity contribution >= 4 is 8.32 Å². The molecule has 27 heavy (non-hydrogen) atoms. The Labute approximate surface area is 159 Å². The predicted octanol–water partition coefficient (Wildman–Crippen LogP) is 3.16. The van der Waals surface area contributed by atoms with Gasteiger partial charge in [0.2, 0.25) is 0 Å². The van der Waals surface area contributed by atoms with Crippen LogP contribution < -0.4 is 10.3 Å². The van der Waals surface area contributed by atoms with E-state index in [1.54, 1.807) is 17.7 Å². The van der Waals surface area contributed by atoms with Gasteiger partial charge in [-0.3, -0.25) is 9.36 Å². The second-order valence-electron chi connectivity index (χ2n) is 8.72. The number of nitrogens with zero attached hydrogens (tertiary/aromatic N) is 5. The van der Waals surface area contributed by atoms with Crippen molar-refractivity contribution in [1.29, 1.82) is 0 Å². The number of aromatic nitrogens is 2. The number of hydrogen-bond acceptors (Lipinski definition) is 6. The Morgan fingerprint density at radius 2 is 2.15 bits per heavy atom. The van der Waals surface area contributed by atoms with Crippen LogP contribution in [0, 0.1) is 12.8 Å². The van der Waals surface area contributed by atoms with Gasteiger partial charge in [0.25, 0.3) is 5.56 Å². The van der Waals surface area contributed by atoms with Gasteiger partial charge < -0.3 is 13.9 Å². The third kappa shape index (κ3) is 3.62. The van der Waals surface area contributed by atoms with Gasteiger partial charge in [0.15, 0.2) is 20.6 Å². The zero-order valence-electron chi connectivity index (χ0n) is 16.7. The first-order chi connectivity index (χ1) is 12.5. The van der Waals surface area contributed by atoms with Crippen LogP contribution in [-0.4, -0.2) is 43.2 Å². The van der Waals surface area contributed by atoms with Gasteiger partial charge >= 0.3 is 6.01 Å². The summed E-state index contributed by atoms with van der Waals surface area (Å²) in [7, 11) is -1.94. The molecule has 1 aromatic rings. The highest BCUT2D eigenvalue weighted by Gasteiger charge is 2.52. The van der Waals surface area contributed by atoms with E-state index in [1.807, 2.05) is 0 Å². The number of aryl methyl sites for hydroxylation is 1. The van der Waals surface area contributed by atoms with Crippen molar-refractivity contribution in [3.8, 4) is 6.01 Å². The minimum atomic E-state index is -1.94. The Kier molecular flexibility index (Phi) is 5.11. The van der Waals surface area contributed by atoms with Gasteiger partial charge in [-0.25, -0.2) is 0 Å². The maximum atomic E-state index is 11.8. The molecule has 0 aliphatic carbocycles. The van der Waals surface area contributed by atoms with Crippen molar-refractivity contribution in [3.05, 3.63) is 32.6 Å². The van der Waals surface area contributed by atoms with Gasteiger partial charge in [0.1, 0.15) is 0 Å². The summed E-state index contributed by atoms with van der Waals surface area (Å²) >= 11 is 0. The highest BCUT2D eigenvalue weighted by Crippen LogP contribution is 2.44. The summed E-state index contributed by atoms with van der Waals surface area (Å²) in [5.74, 6) is -0.173. The van der Waals surface area contributed by atoms with Gasteiger partial charge in [0, 0.05) is 29.1 Å². The molecule has 3 rings (SSSR count). The quantitative estimate of drug-likeness (QED) is 0.330. The van der Waals surface area contributed by atoms with E-state index in [0.717, 1.165) is 0 Å². The van der Waals surface area contributed by atoms with Gasteiger partial charge in [-0.05, 0) is 30.6 Å². The van der Waals surface area contributed by atoms with E-state index >= 15 is 0 Å². The summed E-state index contributed by atoms with van der Waals surface area (Å²) in [6.07, 6.45) is 0.681. The monoisotopic (exact) mass is 393 g/mol. The van der Waals surface area contributed by atoms with E-state index in [0.29, 0.717) is 12.2 Å². The zero-order chi connectivity index (χ0) is 20.0. The topological polar surface area (TPSA) is 111 Å². The Morgan fingerprint density at radius 3 is 2.78 bits per heavy atom. The summed E-state index contributed by atoms with van der Waals surface area (Å²) in [6, 6.07) is 0.246. The maximum Gasteiger partial charge on any atom is 0.302 e. The Bertz CT molecular complexity index is 828. The highest BCUT2D eigenvalue weighted by molar-refractivity contribution is 6.74. The Hall–Kier alpha value is -1.87. The van der Waals surface area contributed by atoms with Crippen molar-refractivity contribution in [2.24, 2.45) is 11.0 Å². The molecule has 1 fully saturated rings. The maximum absolute atomic E-state index is 11.8. The number of fused-ring (bicyclic) bond motifs is 3. The summed E-state index contributed by atoms with van der Waals surface area (Å²) in [6.45, 7) is 13.3. The third-order valence-electron chi connectivity index (χ3n) is 5.87. The van der Waals surface area contributed by atoms with Gasteiger partial charge in [-0.2, -0.15) is 4.98 Å². The highest BCUT2D eigenvalue weighted by atomic mass is 28.4. The number of rotatable bonds is 5. The largest absolute Gasteiger partial charge is 0.456 e. The van der Waals surface area contributed by atoms with E-state index < -0.39 is 14.5 Å². The lowest BCUT2D eigenvalue weighted by atomic mass is 9.99. The molecule has 148 valence electrons. The van der Waals surface area contributed by atoms with Crippen LogP contribution in [0.25, 0.3) is 10.4 Å². The van der Waals surface area contributed by atoms with Crippen molar-refractivity contribution < 1.29 is 13.9 Å². The average Bonchev–Trinajstić information content (AvgIpc) is 3.06. The summed E-state index contributed by atoms with van der Waals surface area (Å²) in [4.78, 5) is 18.6. The van der Waals surface area contributed by atoms with Gasteiger partial charge in [0.05, 0.1) is 12.7 Å². The Morgan fingerprint density at radius 1 is 1.44 bits per heavy atom. The smallest absolute Gasteiger partial charge is 0.302 e. The summed E-state index contributed by atoms with van der Waals surface area (Å²) < 4.78 is 20.2. The molecule has 2 aliphatic heterocycles. The van der Waals surface area contributed by atoms with Crippen LogP contribution >= 0.6 is 0 Å². The summed E-state index contributed by atoms with van der Waals surface area (Å²) in [5, 5.41) is 3.83. The molecule has 2 aliphatic rings. The van der Waals surface area contributed by atoms with Crippen molar-refractivity contribution in [2.75, 3.05) is 13.2 Å². The standard InChI is InChI=1S/C17H27N5O4Si/c1-10-8-22-15-13(26-16(22)20-14(10)23)11(7-19-21-18)12(25-15)9-24-27(5,6)17(2,3)4/h8,11-13,15H,7,9H2,1-6H3/t11-,12-,13+,15-/m1/s1. The van der Waals surface area contributed by atoms with Crippen LogP contribution in [0.1, 0.15) is 32.6 Å². The molecule has 0 amide bonds. The van der Waals surface area contributed by atoms with Crippen LogP contribution in [0.5, 0.6) is 6.01 Å². The van der Waals surface area contributed by atoms with Crippen LogP contribution in [0.2, 0.25) is 18.1 Å². The first-order valence-corrected chi connectivity index (χ1v) is 12.0. The van der Waals surface area contributed by atoms with Crippen molar-refractivity contribution in [2.45, 2.75) is 64.3 Å². The lowest BCUT2D eigenvalue weighted by molar-refractivity contribution is -0.0279. The summed E-state index contributed by atoms with van der Waals surface area (Å²) in [5.41, 5.74) is 8.97. The fourth-order valence-corrected chi connectivity index (χ4v) is 4.13. The molecule has 10 heteroatoms. The van der Waals surface area contributed by atoms with Crippen molar-refractivity contribution in [3.63, 3.8) is 0 Å². The minimum Gasteiger partial charge on any atom is -0.456 e. The first-order valence-electron chi connectivity index (χ1n) is 9.12. The molecule has 9 nitrogen and oxygen atoms in total. The van der Waals surface area contributed by atoms with Crippen LogP contribution in [0.4, 0.5) is 0 Å². The molecule has 4 atom stereocenters. The average molecular weight is 394 g/mol. The van der Waals surface area contributed by atoms with Crippen LogP contribution in [0.15, 0.2) is 16.1 Å². The number of hydrogen-bond donors (Lipinski definition) is 0. The number of ether oxygens (including phenoxy) is 2. The van der Waals surface area contributed by atoms with Gasteiger partial charge in [-0.15, -0.1) is 0 Å². The SMILES string of the molecule is Cc1cn2c(nc1=O)O[C@H]1[C@H](CN=[N+]=[N-])[C@@H](CO[Si](C)(C)C(C)(C)C)O[C@H]12. The van der Waals surface area contributed by atoms with Crippen LogP contribution in [-0.2, 0) is 9.16 Å². The Balaban J connectivity index is 1.83. The van der Waals surface area contributed by atoms with Crippen molar-refractivity contribution in [1.82, 2.24) is 9.55 Å². The molecule has 0 spiro atoms. The second kappa shape index (κ2) is 6.94. The molecule has 0 radical (unpaired) electrons. The van der Waals surface area contributed by atoms with E-state index in [2.05, 4.69) is 48.9 Å². The lowest BCUT2D eigenvalue weighted by Gasteiger charge is -2.37. The molecule has 0 bridgehead atoms. The number of azide groups is 1. The van der Waals surface area contributed by atoms with Crippen LogP contribution in [0.3, 0.4) is 0 Å². The molecule has 0 unspecified atom stereocenters. The lowest BCUT2D eigenvalue weighted by Crippen LogP contribution is -2.44. The second-order valence-corrected chi connectivity index (χ2v) is 13.5. The molecule has 0 aromatic carbocycles. The predicted molar refractivity (Wildman–Crippen MR) is 102 cm³/mol. The van der Waals surface area contributed by atoms with E-state index in [1.165, 1.54) is 0 Å².